The number of carbonyl (C=O) groups excluding carboxylic acids is 2. The summed E-state index contributed by atoms with van der Waals surface area (Å²) in [5.41, 5.74) is 4.65. The maximum absolute atomic E-state index is 13.4. The van der Waals surface area contributed by atoms with Crippen LogP contribution in [0.15, 0.2) is 47.4 Å². The number of hydrogen-bond donors (Lipinski definition) is 2. The van der Waals surface area contributed by atoms with Crippen LogP contribution < -0.4 is 11.1 Å². The number of hydrogen-bond acceptors (Lipinski definition) is 4. The summed E-state index contributed by atoms with van der Waals surface area (Å²) in [5.74, 6) is -3.50. The zero-order chi connectivity index (χ0) is 17.9. The maximum atomic E-state index is 13.4. The van der Waals surface area contributed by atoms with E-state index in [0.717, 1.165) is 12.1 Å². The zero-order valence-corrected chi connectivity index (χ0v) is 13.7. The maximum Gasteiger partial charge on any atom is 0.251 e. The number of halogens is 2. The first kappa shape index (κ1) is 17.9. The molecule has 0 radical (unpaired) electrons. The van der Waals surface area contributed by atoms with Gasteiger partial charge < -0.3 is 11.1 Å². The quantitative estimate of drug-likeness (QED) is 0.839. The average molecular weight is 371 g/mol. The van der Waals surface area contributed by atoms with Gasteiger partial charge in [-0.2, -0.15) is 0 Å². The molecule has 0 saturated heterocycles. The van der Waals surface area contributed by atoms with Crippen molar-refractivity contribution in [3.63, 3.8) is 0 Å². The molecule has 2 aromatic rings. The molecule has 126 valence electrons. The van der Waals surface area contributed by atoms with Crippen molar-refractivity contribution in [2.24, 2.45) is 5.73 Å². The van der Waals surface area contributed by atoms with Gasteiger partial charge in [0.05, 0.1) is 10.5 Å². The first-order valence-electron chi connectivity index (χ1n) is 6.56. The lowest BCUT2D eigenvalue weighted by atomic mass is 10.2. The lowest BCUT2D eigenvalue weighted by molar-refractivity contribution is -0.113. The van der Waals surface area contributed by atoms with Crippen LogP contribution in [0.2, 0.25) is 5.02 Å². The molecular formula is C15H12ClFN2O4S. The number of carbonyl (C=O) groups is 2. The van der Waals surface area contributed by atoms with Gasteiger partial charge in [-0.1, -0.05) is 11.6 Å². The summed E-state index contributed by atoms with van der Waals surface area (Å²) in [6.45, 7) is 0. The van der Waals surface area contributed by atoms with Crippen molar-refractivity contribution in [3.8, 4) is 0 Å². The third-order valence-corrected chi connectivity index (χ3v) is 4.89. The molecule has 0 bridgehead atoms. The molecule has 2 aromatic carbocycles. The molecule has 0 saturated carbocycles. The lowest BCUT2D eigenvalue weighted by Gasteiger charge is -2.08. The second kappa shape index (κ2) is 6.98. The normalized spacial score (nSPS) is 11.1. The van der Waals surface area contributed by atoms with E-state index in [1.807, 2.05) is 0 Å². The molecule has 0 fully saturated rings. The van der Waals surface area contributed by atoms with Crippen LogP contribution in [0.5, 0.6) is 0 Å². The first-order valence-corrected chi connectivity index (χ1v) is 8.59. The highest BCUT2D eigenvalue weighted by molar-refractivity contribution is 7.92. The third kappa shape index (κ3) is 4.30. The van der Waals surface area contributed by atoms with Gasteiger partial charge in [-0.3, -0.25) is 9.59 Å². The van der Waals surface area contributed by atoms with E-state index in [0.29, 0.717) is 5.02 Å². The number of primary amides is 1. The Morgan fingerprint density at radius 1 is 1.12 bits per heavy atom. The molecule has 6 nitrogen and oxygen atoms in total. The SMILES string of the molecule is NC(=O)c1cc(NC(=O)CS(=O)(=O)c2ccc(Cl)cc2)ccc1F. The Hall–Kier alpha value is -2.45. The standard InChI is InChI=1S/C15H12ClFN2O4S/c16-9-1-4-11(5-2-9)24(22,23)8-14(20)19-10-3-6-13(17)12(7-10)15(18)21/h1-7H,8H2,(H2,18,21)(H,19,20). The molecule has 9 heteroatoms. The van der Waals surface area contributed by atoms with Crippen LogP contribution >= 0.6 is 11.6 Å². The Morgan fingerprint density at radius 3 is 2.33 bits per heavy atom. The summed E-state index contributed by atoms with van der Waals surface area (Å²) in [4.78, 5) is 22.9. The number of rotatable bonds is 5. The Labute approximate surface area is 142 Å². The molecule has 0 aliphatic rings. The summed E-state index contributed by atoms with van der Waals surface area (Å²) < 4.78 is 37.6. The van der Waals surface area contributed by atoms with Gasteiger partial charge in [-0.05, 0) is 42.5 Å². The predicted octanol–water partition coefficient (Wildman–Crippen LogP) is 1.99. The fourth-order valence-corrected chi connectivity index (χ4v) is 3.15. The zero-order valence-electron chi connectivity index (χ0n) is 12.1. The van der Waals surface area contributed by atoms with Gasteiger partial charge in [-0.15, -0.1) is 0 Å². The number of anilines is 1. The Kier molecular flexibility index (Phi) is 5.20. The van der Waals surface area contributed by atoms with Crippen LogP contribution in [-0.4, -0.2) is 26.0 Å². The molecule has 0 atom stereocenters. The van der Waals surface area contributed by atoms with Gasteiger partial charge in [0.25, 0.3) is 5.91 Å². The molecule has 3 N–H and O–H groups in total. The molecule has 2 rings (SSSR count). The number of nitrogens with one attached hydrogen (secondary N) is 1. The van der Waals surface area contributed by atoms with Crippen LogP contribution in [0.3, 0.4) is 0 Å². The van der Waals surface area contributed by atoms with Crippen molar-refractivity contribution >= 4 is 38.9 Å². The van der Waals surface area contributed by atoms with Crippen LogP contribution in [0.1, 0.15) is 10.4 Å². The minimum Gasteiger partial charge on any atom is -0.366 e. The molecule has 0 aliphatic heterocycles. The van der Waals surface area contributed by atoms with Crippen LogP contribution in [0.4, 0.5) is 10.1 Å². The van der Waals surface area contributed by atoms with Gasteiger partial charge >= 0.3 is 0 Å². The average Bonchev–Trinajstić information content (AvgIpc) is 2.48. The first-order chi connectivity index (χ1) is 11.2. The van der Waals surface area contributed by atoms with Gasteiger partial charge in [0.2, 0.25) is 5.91 Å². The van der Waals surface area contributed by atoms with Crippen molar-refractivity contribution in [1.29, 1.82) is 0 Å². The van der Waals surface area contributed by atoms with Gasteiger partial charge in [0.15, 0.2) is 9.84 Å². The Bertz CT molecular complexity index is 898. The van der Waals surface area contributed by atoms with E-state index in [9.17, 15) is 22.4 Å². The van der Waals surface area contributed by atoms with E-state index in [1.165, 1.54) is 30.3 Å². The van der Waals surface area contributed by atoms with Gasteiger partial charge in [0, 0.05) is 10.7 Å². The number of amides is 2. The summed E-state index contributed by atoms with van der Waals surface area (Å²) in [5, 5.41) is 2.65. The molecule has 0 aromatic heterocycles. The number of sulfone groups is 1. The van der Waals surface area contributed by atoms with Crippen molar-refractivity contribution in [3.05, 3.63) is 58.9 Å². The fourth-order valence-electron chi connectivity index (χ4n) is 1.89. The van der Waals surface area contributed by atoms with E-state index < -0.39 is 38.8 Å². The van der Waals surface area contributed by atoms with E-state index in [1.54, 1.807) is 0 Å². The van der Waals surface area contributed by atoms with Crippen molar-refractivity contribution in [2.75, 3.05) is 11.1 Å². The van der Waals surface area contributed by atoms with E-state index >= 15 is 0 Å². The molecule has 0 aliphatic carbocycles. The smallest absolute Gasteiger partial charge is 0.251 e. The highest BCUT2D eigenvalue weighted by Gasteiger charge is 2.20. The predicted molar refractivity (Wildman–Crippen MR) is 87.1 cm³/mol. The molecule has 0 heterocycles. The molecule has 0 unspecified atom stereocenters. The van der Waals surface area contributed by atoms with Crippen LogP contribution in [0.25, 0.3) is 0 Å². The number of benzene rings is 2. The second-order valence-electron chi connectivity index (χ2n) is 4.82. The summed E-state index contributed by atoms with van der Waals surface area (Å²) in [6, 6.07) is 8.53. The highest BCUT2D eigenvalue weighted by Crippen LogP contribution is 2.17. The second-order valence-corrected chi connectivity index (χ2v) is 7.25. The lowest BCUT2D eigenvalue weighted by Crippen LogP contribution is -2.23. The monoisotopic (exact) mass is 370 g/mol. The van der Waals surface area contributed by atoms with Gasteiger partial charge in [-0.25, -0.2) is 12.8 Å². The third-order valence-electron chi connectivity index (χ3n) is 3.01. The van der Waals surface area contributed by atoms with Gasteiger partial charge in [0.1, 0.15) is 11.6 Å². The minimum atomic E-state index is -3.87. The Morgan fingerprint density at radius 2 is 1.75 bits per heavy atom. The molecule has 2 amide bonds. The largest absolute Gasteiger partial charge is 0.366 e. The van der Waals surface area contributed by atoms with Crippen LogP contribution in [-0.2, 0) is 14.6 Å². The van der Waals surface area contributed by atoms with E-state index in [-0.39, 0.29) is 10.6 Å². The number of nitrogens with two attached hydrogens (primary N) is 1. The fraction of sp³-hybridized carbons (Fsp3) is 0.0667. The summed E-state index contributed by atoms with van der Waals surface area (Å²) >= 11 is 5.69. The van der Waals surface area contributed by atoms with Crippen LogP contribution in [0, 0.1) is 5.82 Å². The summed E-state index contributed by atoms with van der Waals surface area (Å²) in [6.07, 6.45) is 0. The molecule has 0 spiro atoms. The van der Waals surface area contributed by atoms with E-state index in [2.05, 4.69) is 5.32 Å². The van der Waals surface area contributed by atoms with Crippen molar-refractivity contribution < 1.29 is 22.4 Å². The van der Waals surface area contributed by atoms with Crippen molar-refractivity contribution in [1.82, 2.24) is 0 Å². The topological polar surface area (TPSA) is 106 Å². The molecular weight excluding hydrogens is 359 g/mol. The Balaban J connectivity index is 2.14. The van der Waals surface area contributed by atoms with Crippen molar-refractivity contribution in [2.45, 2.75) is 4.90 Å². The highest BCUT2D eigenvalue weighted by atomic mass is 35.5. The summed E-state index contributed by atoms with van der Waals surface area (Å²) in [7, 11) is -3.87. The van der Waals surface area contributed by atoms with E-state index in [4.69, 9.17) is 17.3 Å². The minimum absolute atomic E-state index is 0.0565. The molecule has 24 heavy (non-hydrogen) atoms.